The summed E-state index contributed by atoms with van der Waals surface area (Å²) in [5, 5.41) is 6.57. The van der Waals surface area contributed by atoms with Crippen molar-refractivity contribution < 1.29 is 14.3 Å². The molecule has 2 heterocycles. The van der Waals surface area contributed by atoms with Crippen molar-refractivity contribution in [2.24, 2.45) is 5.10 Å². The Morgan fingerprint density at radius 2 is 2.21 bits per heavy atom. The lowest BCUT2D eigenvalue weighted by Gasteiger charge is -2.05. The molecule has 0 saturated heterocycles. The Labute approximate surface area is 166 Å². The van der Waals surface area contributed by atoms with Crippen LogP contribution >= 0.6 is 11.3 Å². The van der Waals surface area contributed by atoms with Crippen molar-refractivity contribution in [3.63, 3.8) is 0 Å². The van der Waals surface area contributed by atoms with E-state index in [0.29, 0.717) is 29.1 Å². The first-order chi connectivity index (χ1) is 13.6. The van der Waals surface area contributed by atoms with Crippen molar-refractivity contribution in [1.82, 2.24) is 15.0 Å². The maximum Gasteiger partial charge on any atom is 0.311 e. The minimum absolute atomic E-state index is 0.150. The van der Waals surface area contributed by atoms with Gasteiger partial charge in [-0.2, -0.15) is 5.10 Å². The number of nitrogens with zero attached hydrogens (tertiary/aromatic N) is 4. The van der Waals surface area contributed by atoms with Gasteiger partial charge in [0.25, 0.3) is 0 Å². The Balaban J connectivity index is 1.57. The molecule has 0 saturated carbocycles. The zero-order chi connectivity index (χ0) is 19.8. The number of esters is 1. The molecule has 2 aromatic heterocycles. The van der Waals surface area contributed by atoms with Crippen LogP contribution < -0.4 is 10.2 Å². The first-order valence-corrected chi connectivity index (χ1v) is 9.46. The number of carbonyl (C=O) groups excluding carboxylic acids is 1. The normalized spacial score (nSPS) is 10.8. The van der Waals surface area contributed by atoms with E-state index in [0.717, 1.165) is 11.3 Å². The van der Waals surface area contributed by atoms with Crippen LogP contribution in [0.25, 0.3) is 0 Å². The molecule has 0 spiro atoms. The average Bonchev–Trinajstić information content (AvgIpc) is 3.09. The Morgan fingerprint density at radius 3 is 3.04 bits per heavy atom. The first kappa shape index (κ1) is 19.4. The molecule has 3 aromatic rings. The number of hydrogen-bond donors (Lipinski definition) is 1. The van der Waals surface area contributed by atoms with Gasteiger partial charge in [0.05, 0.1) is 36.8 Å². The molecule has 0 amide bonds. The second-order valence-electron chi connectivity index (χ2n) is 5.67. The van der Waals surface area contributed by atoms with E-state index < -0.39 is 0 Å². The first-order valence-electron chi connectivity index (χ1n) is 8.58. The van der Waals surface area contributed by atoms with Crippen molar-refractivity contribution in [1.29, 1.82) is 0 Å². The molecule has 0 atom stereocenters. The minimum Gasteiger partial charge on any atom is -0.466 e. The number of thiazole rings is 1. The Bertz CT molecular complexity index is 973. The van der Waals surface area contributed by atoms with E-state index in [1.54, 1.807) is 30.9 Å². The molecular weight excluding hydrogens is 378 g/mol. The van der Waals surface area contributed by atoms with Crippen LogP contribution in [0.3, 0.4) is 0 Å². The summed E-state index contributed by atoms with van der Waals surface area (Å²) in [4.78, 5) is 24.1. The molecule has 0 aliphatic heterocycles. The second-order valence-corrected chi connectivity index (χ2v) is 6.53. The summed E-state index contributed by atoms with van der Waals surface area (Å²) in [6.45, 7) is 3.98. The fourth-order valence-electron chi connectivity index (χ4n) is 2.23. The lowest BCUT2D eigenvalue weighted by atomic mass is 10.2. The molecule has 0 unspecified atom stereocenters. The van der Waals surface area contributed by atoms with Crippen LogP contribution in [0.4, 0.5) is 5.13 Å². The van der Waals surface area contributed by atoms with Gasteiger partial charge in [-0.25, -0.2) is 9.97 Å². The molecular formula is C19H19N5O3S. The fraction of sp³-hybridized carbons (Fsp3) is 0.211. The van der Waals surface area contributed by atoms with Crippen molar-refractivity contribution in [2.75, 3.05) is 12.0 Å². The number of aryl methyl sites for hydroxylation is 1. The summed E-state index contributed by atoms with van der Waals surface area (Å²) < 4.78 is 10.6. The summed E-state index contributed by atoms with van der Waals surface area (Å²) >= 11 is 1.37. The van der Waals surface area contributed by atoms with E-state index in [4.69, 9.17) is 9.47 Å². The molecule has 0 bridgehead atoms. The number of carbonyl (C=O) groups is 1. The quantitative estimate of drug-likeness (QED) is 0.352. The average molecular weight is 397 g/mol. The van der Waals surface area contributed by atoms with Crippen LogP contribution in [0.15, 0.2) is 47.1 Å². The third-order valence-corrected chi connectivity index (χ3v) is 4.17. The molecule has 0 radical (unpaired) electrons. The minimum atomic E-state index is -0.294. The number of rotatable bonds is 8. The van der Waals surface area contributed by atoms with Crippen LogP contribution in [0.2, 0.25) is 0 Å². The van der Waals surface area contributed by atoms with Gasteiger partial charge in [-0.05, 0) is 31.5 Å². The number of nitrogens with one attached hydrogen (secondary N) is 1. The highest BCUT2D eigenvalue weighted by Crippen LogP contribution is 2.20. The molecule has 28 heavy (non-hydrogen) atoms. The third-order valence-electron chi connectivity index (χ3n) is 3.37. The molecule has 0 fully saturated rings. The predicted molar refractivity (Wildman–Crippen MR) is 107 cm³/mol. The maximum absolute atomic E-state index is 11.5. The summed E-state index contributed by atoms with van der Waals surface area (Å²) in [7, 11) is 0. The third kappa shape index (κ3) is 5.85. The summed E-state index contributed by atoms with van der Waals surface area (Å²) in [6, 6.07) is 7.43. The van der Waals surface area contributed by atoms with Gasteiger partial charge >= 0.3 is 5.97 Å². The lowest BCUT2D eigenvalue weighted by Crippen LogP contribution is -2.07. The predicted octanol–water partition coefficient (Wildman–Crippen LogP) is 3.59. The van der Waals surface area contributed by atoms with Gasteiger partial charge < -0.3 is 9.47 Å². The van der Waals surface area contributed by atoms with Gasteiger partial charge in [-0.15, -0.1) is 11.3 Å². The number of hydrogen-bond acceptors (Lipinski definition) is 9. The summed E-state index contributed by atoms with van der Waals surface area (Å²) in [6.07, 6.45) is 5.03. The van der Waals surface area contributed by atoms with Crippen LogP contribution in [-0.4, -0.2) is 33.7 Å². The molecule has 1 aromatic carbocycles. The largest absolute Gasteiger partial charge is 0.466 e. The van der Waals surface area contributed by atoms with E-state index in [-0.39, 0.29) is 12.4 Å². The van der Waals surface area contributed by atoms with Gasteiger partial charge in [0.1, 0.15) is 5.75 Å². The zero-order valence-corrected chi connectivity index (χ0v) is 16.3. The van der Waals surface area contributed by atoms with Gasteiger partial charge in [-0.3, -0.25) is 15.2 Å². The summed E-state index contributed by atoms with van der Waals surface area (Å²) in [5.41, 5.74) is 5.13. The standard InChI is InChI=1S/C19H19N5O3S/c1-3-26-18(25)8-15-12-28-19(23-15)24-21-10-14-5-4-6-16(7-14)27-17-11-20-9-13(2)22-17/h4-7,9-12H,3,8H2,1-2H3,(H,23,24). The number of benzene rings is 1. The zero-order valence-electron chi connectivity index (χ0n) is 15.5. The SMILES string of the molecule is CCOC(=O)Cc1csc(NN=Cc2cccc(Oc3cncc(C)n3)c2)n1. The second kappa shape index (κ2) is 9.56. The van der Waals surface area contributed by atoms with Crippen molar-refractivity contribution >= 4 is 28.7 Å². The smallest absolute Gasteiger partial charge is 0.311 e. The number of aromatic nitrogens is 3. The lowest BCUT2D eigenvalue weighted by molar-refractivity contribution is -0.142. The van der Waals surface area contributed by atoms with E-state index in [1.165, 1.54) is 11.3 Å². The van der Waals surface area contributed by atoms with E-state index in [1.807, 2.05) is 31.2 Å². The number of hydrazone groups is 1. The van der Waals surface area contributed by atoms with Crippen molar-refractivity contribution in [2.45, 2.75) is 20.3 Å². The fourth-order valence-corrected chi connectivity index (χ4v) is 2.89. The van der Waals surface area contributed by atoms with E-state index >= 15 is 0 Å². The molecule has 0 aliphatic rings. The van der Waals surface area contributed by atoms with E-state index in [2.05, 4.69) is 25.5 Å². The van der Waals surface area contributed by atoms with Crippen LogP contribution in [-0.2, 0) is 16.0 Å². The highest BCUT2D eigenvalue weighted by atomic mass is 32.1. The highest BCUT2D eigenvalue weighted by molar-refractivity contribution is 7.13. The molecule has 3 rings (SSSR count). The molecule has 1 N–H and O–H groups in total. The highest BCUT2D eigenvalue weighted by Gasteiger charge is 2.08. The van der Waals surface area contributed by atoms with Crippen LogP contribution in [0.5, 0.6) is 11.6 Å². The number of ether oxygens (including phenoxy) is 2. The number of anilines is 1. The van der Waals surface area contributed by atoms with Crippen molar-refractivity contribution in [3.8, 4) is 11.6 Å². The van der Waals surface area contributed by atoms with Gasteiger partial charge in [0.15, 0.2) is 0 Å². The molecule has 8 nitrogen and oxygen atoms in total. The van der Waals surface area contributed by atoms with Gasteiger partial charge in [-0.1, -0.05) is 12.1 Å². The topological polar surface area (TPSA) is 98.6 Å². The summed E-state index contributed by atoms with van der Waals surface area (Å²) in [5.74, 6) is 0.775. The Hall–Kier alpha value is -3.33. The Kier molecular flexibility index (Phi) is 6.64. The van der Waals surface area contributed by atoms with Crippen molar-refractivity contribution in [3.05, 3.63) is 59.0 Å². The van der Waals surface area contributed by atoms with Gasteiger partial charge in [0, 0.05) is 11.6 Å². The van der Waals surface area contributed by atoms with Crippen LogP contribution in [0.1, 0.15) is 23.9 Å². The van der Waals surface area contributed by atoms with E-state index in [9.17, 15) is 4.79 Å². The maximum atomic E-state index is 11.5. The van der Waals surface area contributed by atoms with Crippen LogP contribution in [0, 0.1) is 6.92 Å². The van der Waals surface area contributed by atoms with Gasteiger partial charge in [0.2, 0.25) is 11.0 Å². The molecule has 144 valence electrons. The monoisotopic (exact) mass is 397 g/mol. The Morgan fingerprint density at radius 1 is 1.32 bits per heavy atom. The molecule has 0 aliphatic carbocycles. The molecule has 9 heteroatoms.